The third-order valence-corrected chi connectivity index (χ3v) is 5.97. The van der Waals surface area contributed by atoms with Crippen LogP contribution in [0.4, 0.5) is 5.69 Å². The first-order chi connectivity index (χ1) is 15.7. The zero-order valence-corrected chi connectivity index (χ0v) is 17.7. The second-order valence-electron chi connectivity index (χ2n) is 8.10. The minimum atomic E-state index is 0.538. The molecule has 1 aliphatic rings. The number of piperazine rings is 1. The van der Waals surface area contributed by atoms with Crippen molar-refractivity contribution in [2.45, 2.75) is 0 Å². The van der Waals surface area contributed by atoms with E-state index in [1.54, 1.807) is 6.20 Å². The van der Waals surface area contributed by atoms with Crippen molar-refractivity contribution in [3.8, 4) is 23.1 Å². The summed E-state index contributed by atoms with van der Waals surface area (Å²) in [5.74, 6) is 1.95. The molecule has 2 N–H and O–H groups in total. The van der Waals surface area contributed by atoms with Crippen molar-refractivity contribution in [3.05, 3.63) is 60.8 Å². The number of pyridine rings is 1. The largest absolute Gasteiger partial charge is 0.437 e. The van der Waals surface area contributed by atoms with Crippen molar-refractivity contribution in [1.29, 1.82) is 0 Å². The van der Waals surface area contributed by atoms with E-state index in [0.717, 1.165) is 59.6 Å². The highest BCUT2D eigenvalue weighted by molar-refractivity contribution is 5.96. The number of imidazole rings is 1. The van der Waals surface area contributed by atoms with Crippen LogP contribution in [0.5, 0.6) is 11.6 Å². The number of benzene rings is 2. The fraction of sp³-hybridized carbons (Fsp3) is 0.208. The zero-order valence-electron chi connectivity index (χ0n) is 17.7. The van der Waals surface area contributed by atoms with Crippen molar-refractivity contribution >= 4 is 27.6 Å². The predicted octanol–water partition coefficient (Wildman–Crippen LogP) is 4.05. The Morgan fingerprint density at radius 3 is 2.72 bits per heavy atom. The number of aromatic amines is 2. The Morgan fingerprint density at radius 1 is 0.969 bits per heavy atom. The van der Waals surface area contributed by atoms with Gasteiger partial charge in [-0.2, -0.15) is 5.10 Å². The fourth-order valence-corrected chi connectivity index (χ4v) is 4.17. The Morgan fingerprint density at radius 2 is 1.88 bits per heavy atom. The number of rotatable bonds is 4. The van der Waals surface area contributed by atoms with Crippen LogP contribution in [-0.4, -0.2) is 63.3 Å². The summed E-state index contributed by atoms with van der Waals surface area (Å²) in [5, 5.41) is 8.60. The number of hydrogen-bond donors (Lipinski definition) is 2. The summed E-state index contributed by atoms with van der Waals surface area (Å²) in [7, 11) is 2.17. The molecule has 160 valence electrons. The van der Waals surface area contributed by atoms with E-state index in [1.165, 1.54) is 5.69 Å². The molecule has 3 aromatic heterocycles. The van der Waals surface area contributed by atoms with Crippen LogP contribution in [0.25, 0.3) is 33.5 Å². The minimum absolute atomic E-state index is 0.538. The summed E-state index contributed by atoms with van der Waals surface area (Å²) in [6, 6.07) is 17.9. The highest BCUT2D eigenvalue weighted by Crippen LogP contribution is 2.33. The number of hydrogen-bond acceptors (Lipinski definition) is 6. The van der Waals surface area contributed by atoms with Gasteiger partial charge in [0, 0.05) is 49.5 Å². The number of H-pyrrole nitrogens is 2. The van der Waals surface area contributed by atoms with Gasteiger partial charge in [0.2, 0.25) is 5.88 Å². The summed E-state index contributed by atoms with van der Waals surface area (Å²) in [6.45, 7) is 4.22. The Hall–Kier alpha value is -3.91. The van der Waals surface area contributed by atoms with Gasteiger partial charge in [-0.05, 0) is 37.4 Å². The van der Waals surface area contributed by atoms with Crippen molar-refractivity contribution < 1.29 is 4.74 Å². The zero-order chi connectivity index (χ0) is 21.5. The molecular weight excluding hydrogens is 402 g/mol. The Kier molecular flexibility index (Phi) is 4.50. The first kappa shape index (κ1) is 18.8. The topological polar surface area (TPSA) is 86.0 Å². The molecule has 0 unspecified atom stereocenters. The number of aromatic nitrogens is 5. The van der Waals surface area contributed by atoms with Gasteiger partial charge in [0.1, 0.15) is 11.2 Å². The van der Waals surface area contributed by atoms with Gasteiger partial charge in [-0.3, -0.25) is 5.10 Å². The quantitative estimate of drug-likeness (QED) is 0.452. The van der Waals surface area contributed by atoms with Crippen LogP contribution in [0.1, 0.15) is 0 Å². The molecule has 4 heterocycles. The molecule has 0 radical (unpaired) electrons. The summed E-state index contributed by atoms with van der Waals surface area (Å²) in [5.41, 5.74) is 4.73. The molecule has 0 aliphatic carbocycles. The van der Waals surface area contributed by atoms with Gasteiger partial charge in [0.15, 0.2) is 11.6 Å². The molecule has 1 saturated heterocycles. The molecule has 0 saturated carbocycles. The third kappa shape index (κ3) is 3.34. The summed E-state index contributed by atoms with van der Waals surface area (Å²) in [4.78, 5) is 17.3. The van der Waals surface area contributed by atoms with Gasteiger partial charge < -0.3 is 19.5 Å². The molecule has 2 aromatic carbocycles. The number of fused-ring (bicyclic) bond motifs is 2. The molecule has 1 aliphatic heterocycles. The molecule has 5 aromatic rings. The van der Waals surface area contributed by atoms with Gasteiger partial charge in [0.25, 0.3) is 0 Å². The Balaban J connectivity index is 1.34. The maximum absolute atomic E-state index is 5.97. The molecule has 0 atom stereocenters. The van der Waals surface area contributed by atoms with Crippen molar-refractivity contribution in [2.24, 2.45) is 0 Å². The van der Waals surface area contributed by atoms with Gasteiger partial charge in [-0.15, -0.1) is 0 Å². The second kappa shape index (κ2) is 7.65. The normalized spacial score (nSPS) is 15.0. The van der Waals surface area contributed by atoms with Crippen molar-refractivity contribution in [1.82, 2.24) is 30.0 Å². The number of nitrogens with one attached hydrogen (secondary N) is 2. The van der Waals surface area contributed by atoms with E-state index in [9.17, 15) is 0 Å². The van der Waals surface area contributed by atoms with Crippen LogP contribution in [0.3, 0.4) is 0 Å². The predicted molar refractivity (Wildman–Crippen MR) is 125 cm³/mol. The second-order valence-corrected chi connectivity index (χ2v) is 8.10. The van der Waals surface area contributed by atoms with E-state index in [2.05, 4.69) is 55.2 Å². The van der Waals surface area contributed by atoms with Crippen LogP contribution >= 0.6 is 0 Å². The van der Waals surface area contributed by atoms with Gasteiger partial charge in [-0.25, -0.2) is 9.97 Å². The lowest BCUT2D eigenvalue weighted by molar-refractivity contribution is 0.313. The molecule has 0 spiro atoms. The van der Waals surface area contributed by atoms with Gasteiger partial charge >= 0.3 is 0 Å². The Labute approximate surface area is 184 Å². The van der Waals surface area contributed by atoms with E-state index in [-0.39, 0.29) is 0 Å². The van der Waals surface area contributed by atoms with Crippen LogP contribution in [-0.2, 0) is 0 Å². The SMILES string of the molecule is CN1CCN(c2ccc3nc(-c4n[nH]c5c(Oc6ccccn6)cccc45)[nH]c3c2)CC1. The van der Waals surface area contributed by atoms with Crippen LogP contribution in [0.2, 0.25) is 0 Å². The summed E-state index contributed by atoms with van der Waals surface area (Å²) < 4.78 is 5.97. The number of likely N-dealkylation sites (N-methyl/N-ethyl adjacent to an activating group) is 1. The van der Waals surface area contributed by atoms with E-state index >= 15 is 0 Å². The number of nitrogens with zero attached hydrogens (tertiary/aromatic N) is 5. The molecule has 8 nitrogen and oxygen atoms in total. The van der Waals surface area contributed by atoms with Crippen LogP contribution in [0, 0.1) is 0 Å². The molecule has 6 rings (SSSR count). The standard InChI is InChI=1S/C24H23N7O/c1-30-11-13-31(14-12-30)16-8-9-18-19(15-16)27-24(26-18)23-17-5-4-6-20(22(17)28-29-23)32-21-7-2-3-10-25-21/h2-10,15H,11-14H2,1H3,(H,26,27)(H,28,29). The number of anilines is 1. The van der Waals surface area contributed by atoms with Crippen LogP contribution < -0.4 is 9.64 Å². The lowest BCUT2D eigenvalue weighted by atomic mass is 10.2. The maximum Gasteiger partial charge on any atom is 0.219 e. The van der Waals surface area contributed by atoms with E-state index < -0.39 is 0 Å². The molecular formula is C24H23N7O. The van der Waals surface area contributed by atoms with Gasteiger partial charge in [-0.1, -0.05) is 18.2 Å². The summed E-state index contributed by atoms with van der Waals surface area (Å²) in [6.07, 6.45) is 1.71. The average Bonchev–Trinajstić information content (AvgIpc) is 3.44. The van der Waals surface area contributed by atoms with E-state index in [1.807, 2.05) is 36.4 Å². The monoisotopic (exact) mass is 425 g/mol. The fourth-order valence-electron chi connectivity index (χ4n) is 4.17. The molecule has 8 heteroatoms. The first-order valence-corrected chi connectivity index (χ1v) is 10.7. The third-order valence-electron chi connectivity index (χ3n) is 5.97. The molecule has 0 amide bonds. The Bertz CT molecular complexity index is 1380. The summed E-state index contributed by atoms with van der Waals surface area (Å²) >= 11 is 0. The van der Waals surface area contributed by atoms with E-state index in [0.29, 0.717) is 11.6 Å². The number of ether oxygens (including phenoxy) is 1. The van der Waals surface area contributed by atoms with Crippen molar-refractivity contribution in [3.63, 3.8) is 0 Å². The first-order valence-electron chi connectivity index (χ1n) is 10.7. The molecule has 0 bridgehead atoms. The number of para-hydroxylation sites is 1. The highest BCUT2D eigenvalue weighted by Gasteiger charge is 2.18. The lowest BCUT2D eigenvalue weighted by Crippen LogP contribution is -2.44. The van der Waals surface area contributed by atoms with Crippen molar-refractivity contribution in [2.75, 3.05) is 38.1 Å². The molecule has 1 fully saturated rings. The smallest absolute Gasteiger partial charge is 0.219 e. The van der Waals surface area contributed by atoms with Crippen LogP contribution in [0.15, 0.2) is 60.8 Å². The average molecular weight is 425 g/mol. The maximum atomic E-state index is 5.97. The molecule has 32 heavy (non-hydrogen) atoms. The lowest BCUT2D eigenvalue weighted by Gasteiger charge is -2.34. The van der Waals surface area contributed by atoms with E-state index in [4.69, 9.17) is 9.72 Å². The highest BCUT2D eigenvalue weighted by atomic mass is 16.5. The van der Waals surface area contributed by atoms with Gasteiger partial charge in [0.05, 0.1) is 11.0 Å². The minimum Gasteiger partial charge on any atom is -0.437 e.